The van der Waals surface area contributed by atoms with Crippen molar-refractivity contribution in [1.29, 1.82) is 0 Å². The van der Waals surface area contributed by atoms with Gasteiger partial charge in [0.25, 0.3) is 0 Å². The van der Waals surface area contributed by atoms with Crippen molar-refractivity contribution in [2.45, 2.75) is 51.9 Å². The van der Waals surface area contributed by atoms with Gasteiger partial charge in [0.1, 0.15) is 11.6 Å². The van der Waals surface area contributed by atoms with Gasteiger partial charge in [-0.1, -0.05) is 12.1 Å². The van der Waals surface area contributed by atoms with Gasteiger partial charge >= 0.3 is 0 Å². The normalized spacial score (nSPS) is 10.4. The number of ketones is 2. The van der Waals surface area contributed by atoms with E-state index in [2.05, 4.69) is 10.6 Å². The molecule has 0 bridgehead atoms. The van der Waals surface area contributed by atoms with E-state index in [-0.39, 0.29) is 36.2 Å². The molecule has 0 saturated carbocycles. The first kappa shape index (κ1) is 23.5. The summed E-state index contributed by atoms with van der Waals surface area (Å²) in [5, 5.41) is 5.58. The molecule has 0 fully saturated rings. The number of aryl methyl sites for hydroxylation is 1. The minimum absolute atomic E-state index is 0.0146. The number of methoxy groups -OCH3 is 1. The molecule has 0 unspecified atom stereocenters. The third-order valence-corrected chi connectivity index (χ3v) is 4.03. The van der Waals surface area contributed by atoms with Gasteiger partial charge in [0.05, 0.1) is 6.42 Å². The van der Waals surface area contributed by atoms with E-state index in [1.165, 1.54) is 6.92 Å². The predicted molar refractivity (Wildman–Crippen MR) is 107 cm³/mol. The van der Waals surface area contributed by atoms with Crippen molar-refractivity contribution in [3.63, 3.8) is 0 Å². The summed E-state index contributed by atoms with van der Waals surface area (Å²) in [5.74, 6) is -0.386. The van der Waals surface area contributed by atoms with Crippen molar-refractivity contribution >= 4 is 29.1 Å². The zero-order valence-electron chi connectivity index (χ0n) is 16.7. The molecule has 1 aromatic carbocycles. The van der Waals surface area contributed by atoms with Gasteiger partial charge in [0.15, 0.2) is 0 Å². The summed E-state index contributed by atoms with van der Waals surface area (Å²) in [6.45, 7) is 2.59. The van der Waals surface area contributed by atoms with Gasteiger partial charge in [0, 0.05) is 45.2 Å². The zero-order valence-corrected chi connectivity index (χ0v) is 16.7. The maximum absolute atomic E-state index is 12.0. The summed E-state index contributed by atoms with van der Waals surface area (Å²) in [6.07, 6.45) is 2.72. The second-order valence-corrected chi connectivity index (χ2v) is 6.71. The van der Waals surface area contributed by atoms with Crippen molar-refractivity contribution in [3.8, 4) is 0 Å². The highest BCUT2D eigenvalue weighted by Gasteiger charge is 2.07. The Balaban J connectivity index is 2.24. The number of ether oxygens (including phenoxy) is 1. The Hall–Kier alpha value is -2.54. The maximum atomic E-state index is 12.0. The lowest BCUT2D eigenvalue weighted by Gasteiger charge is -2.07. The van der Waals surface area contributed by atoms with Crippen molar-refractivity contribution in [2.75, 3.05) is 25.6 Å². The largest absolute Gasteiger partial charge is 0.385 e. The second kappa shape index (κ2) is 13.6. The minimum atomic E-state index is -0.142. The lowest BCUT2D eigenvalue weighted by atomic mass is 10.0. The summed E-state index contributed by atoms with van der Waals surface area (Å²) >= 11 is 0. The molecule has 0 radical (unpaired) electrons. The van der Waals surface area contributed by atoms with Crippen LogP contribution in [0.2, 0.25) is 0 Å². The summed E-state index contributed by atoms with van der Waals surface area (Å²) in [4.78, 5) is 46.1. The van der Waals surface area contributed by atoms with Crippen LogP contribution < -0.4 is 10.6 Å². The fraction of sp³-hybridized carbons (Fsp3) is 0.524. The second-order valence-electron chi connectivity index (χ2n) is 6.71. The third kappa shape index (κ3) is 11.2. The predicted octanol–water partition coefficient (Wildman–Crippen LogP) is 2.43. The third-order valence-electron chi connectivity index (χ3n) is 4.03. The van der Waals surface area contributed by atoms with Crippen molar-refractivity contribution in [3.05, 3.63) is 29.8 Å². The SMILES string of the molecule is COCCCNC(=O)CCCC(=O)Nc1ccc(CCC(=O)CC(C)=O)cc1. The number of amides is 2. The molecule has 0 heterocycles. The van der Waals surface area contributed by atoms with Crippen LogP contribution >= 0.6 is 0 Å². The van der Waals surface area contributed by atoms with E-state index >= 15 is 0 Å². The first-order valence-electron chi connectivity index (χ1n) is 9.56. The molecule has 2 N–H and O–H groups in total. The van der Waals surface area contributed by atoms with Gasteiger partial charge in [-0.3, -0.25) is 19.2 Å². The molecule has 0 aliphatic rings. The molecule has 0 atom stereocenters. The molecule has 28 heavy (non-hydrogen) atoms. The number of hydrogen-bond donors (Lipinski definition) is 2. The van der Waals surface area contributed by atoms with Crippen molar-refractivity contribution in [1.82, 2.24) is 5.32 Å². The van der Waals surface area contributed by atoms with E-state index in [1.807, 2.05) is 12.1 Å². The molecule has 0 aliphatic heterocycles. The van der Waals surface area contributed by atoms with Crippen LogP contribution in [0.3, 0.4) is 0 Å². The molecule has 0 aliphatic carbocycles. The van der Waals surface area contributed by atoms with Crippen molar-refractivity contribution in [2.24, 2.45) is 0 Å². The highest BCUT2D eigenvalue weighted by molar-refractivity contribution is 5.98. The number of carbonyl (C=O) groups is 4. The fourth-order valence-electron chi connectivity index (χ4n) is 2.57. The number of carbonyl (C=O) groups excluding carboxylic acids is 4. The Morgan fingerprint density at radius 2 is 1.61 bits per heavy atom. The van der Waals surface area contributed by atoms with Crippen LogP contribution in [-0.4, -0.2) is 43.6 Å². The first-order valence-corrected chi connectivity index (χ1v) is 9.56. The van der Waals surface area contributed by atoms with Crippen LogP contribution in [0.1, 0.15) is 51.0 Å². The molecule has 1 rings (SSSR count). The molecule has 154 valence electrons. The Morgan fingerprint density at radius 1 is 0.929 bits per heavy atom. The van der Waals surface area contributed by atoms with Gasteiger partial charge in [-0.25, -0.2) is 0 Å². The van der Waals surface area contributed by atoms with E-state index in [9.17, 15) is 19.2 Å². The molecule has 7 nitrogen and oxygen atoms in total. The lowest BCUT2D eigenvalue weighted by Crippen LogP contribution is -2.25. The van der Waals surface area contributed by atoms with Crippen LogP contribution in [-0.2, 0) is 30.3 Å². The molecule has 7 heteroatoms. The van der Waals surface area contributed by atoms with Gasteiger partial charge in [-0.2, -0.15) is 0 Å². The molecule has 0 aromatic heterocycles. The molecule has 0 saturated heterocycles. The van der Waals surface area contributed by atoms with Crippen LogP contribution in [0.4, 0.5) is 5.69 Å². The number of benzene rings is 1. The van der Waals surface area contributed by atoms with Crippen LogP contribution in [0.5, 0.6) is 0 Å². The average molecular weight is 390 g/mol. The zero-order chi connectivity index (χ0) is 20.8. The molecule has 1 aromatic rings. The van der Waals surface area contributed by atoms with E-state index in [4.69, 9.17) is 4.74 Å². The maximum Gasteiger partial charge on any atom is 0.224 e. The number of hydrogen-bond acceptors (Lipinski definition) is 5. The summed E-state index contributed by atoms with van der Waals surface area (Å²) in [7, 11) is 1.62. The molecular formula is C21H30N2O5. The average Bonchev–Trinajstić information content (AvgIpc) is 2.64. The Bertz CT molecular complexity index is 655. The summed E-state index contributed by atoms with van der Waals surface area (Å²) in [5.41, 5.74) is 1.65. The van der Waals surface area contributed by atoms with Crippen LogP contribution in [0.15, 0.2) is 24.3 Å². The molecule has 2 amide bonds. The van der Waals surface area contributed by atoms with Gasteiger partial charge in [0.2, 0.25) is 11.8 Å². The lowest BCUT2D eigenvalue weighted by molar-refractivity contribution is -0.126. The smallest absolute Gasteiger partial charge is 0.224 e. The molecular weight excluding hydrogens is 360 g/mol. The Morgan fingerprint density at radius 3 is 2.25 bits per heavy atom. The Kier molecular flexibility index (Phi) is 11.4. The minimum Gasteiger partial charge on any atom is -0.385 e. The van der Waals surface area contributed by atoms with Gasteiger partial charge < -0.3 is 15.4 Å². The fourth-order valence-corrected chi connectivity index (χ4v) is 2.57. The molecule has 0 spiro atoms. The van der Waals surface area contributed by atoms with E-state index < -0.39 is 0 Å². The van der Waals surface area contributed by atoms with Crippen molar-refractivity contribution < 1.29 is 23.9 Å². The van der Waals surface area contributed by atoms with E-state index in [1.54, 1.807) is 19.2 Å². The van der Waals surface area contributed by atoms with Gasteiger partial charge in [-0.15, -0.1) is 0 Å². The van der Waals surface area contributed by atoms with E-state index in [0.717, 1.165) is 12.0 Å². The highest BCUT2D eigenvalue weighted by atomic mass is 16.5. The standard InChI is InChI=1S/C21H30N2O5/c1-16(24)15-19(25)12-9-17-7-10-18(11-8-17)23-21(27)6-3-5-20(26)22-13-4-14-28-2/h7-8,10-11H,3-6,9,12-15H2,1-2H3,(H,22,26)(H,23,27). The van der Waals surface area contributed by atoms with E-state index in [0.29, 0.717) is 44.5 Å². The first-order chi connectivity index (χ1) is 13.4. The topological polar surface area (TPSA) is 102 Å². The monoisotopic (exact) mass is 390 g/mol. The number of Topliss-reactive ketones (excluding diaryl/α,β-unsaturated/α-hetero) is 2. The number of rotatable bonds is 14. The van der Waals surface area contributed by atoms with Crippen LogP contribution in [0, 0.1) is 0 Å². The summed E-state index contributed by atoms with van der Waals surface area (Å²) < 4.78 is 4.91. The highest BCUT2D eigenvalue weighted by Crippen LogP contribution is 2.12. The Labute approximate surface area is 166 Å². The van der Waals surface area contributed by atoms with Crippen LogP contribution in [0.25, 0.3) is 0 Å². The quantitative estimate of drug-likeness (QED) is 0.375. The summed E-state index contributed by atoms with van der Waals surface area (Å²) in [6, 6.07) is 7.27. The van der Waals surface area contributed by atoms with Gasteiger partial charge in [-0.05, 0) is 43.9 Å². The number of nitrogens with one attached hydrogen (secondary N) is 2. The number of anilines is 1.